The molecular formula is C36H41N7O3. The lowest BCUT2D eigenvalue weighted by molar-refractivity contribution is -0.139. The Hall–Kier alpha value is -4.41. The standard InChI is InChI=1S/C36H41N7O3/c1-23-28(25-9-5-4-6-10-25)18-30-34(45)43(23)15-14-42(3)13-12-41(2)11-7-8-24-16-29-32(38-21-24)40-35(46)36(29)19-26-17-27(33(44)39-30)22-37-31(26)20-36/h4-10,16-17,21-23,28,30H,11-15,18-20H2,1-3H3,(H,39,44)(H,38,40,46)/b8-7-/t23?,28?,30?,36-/m0/s1. The summed E-state index contributed by atoms with van der Waals surface area (Å²) in [6.45, 7) is 5.91. The van der Waals surface area contributed by atoms with Gasteiger partial charge in [0.1, 0.15) is 11.9 Å². The minimum Gasteiger partial charge on any atom is -0.340 e. The Kier molecular flexibility index (Phi) is 7.94. The maximum atomic E-state index is 14.0. The molecule has 238 valence electrons. The van der Waals surface area contributed by atoms with E-state index in [1.54, 1.807) is 12.4 Å². The van der Waals surface area contributed by atoms with E-state index in [0.717, 1.165) is 54.1 Å². The summed E-state index contributed by atoms with van der Waals surface area (Å²) in [6.07, 6.45) is 8.95. The Morgan fingerprint density at radius 3 is 2.52 bits per heavy atom. The molecule has 7 rings (SSSR count). The predicted octanol–water partition coefficient (Wildman–Crippen LogP) is 2.86. The van der Waals surface area contributed by atoms with Crippen LogP contribution in [0.5, 0.6) is 0 Å². The number of piperidine rings is 1. The lowest BCUT2D eigenvalue weighted by Crippen LogP contribution is -2.59. The summed E-state index contributed by atoms with van der Waals surface area (Å²) in [6, 6.07) is 13.5. The van der Waals surface area contributed by atoms with Crippen LogP contribution in [0.1, 0.15) is 57.6 Å². The molecule has 1 fully saturated rings. The van der Waals surface area contributed by atoms with Crippen molar-refractivity contribution in [2.24, 2.45) is 0 Å². The molecule has 1 saturated heterocycles. The molecule has 46 heavy (non-hydrogen) atoms. The number of aromatic nitrogens is 2. The van der Waals surface area contributed by atoms with Gasteiger partial charge in [0.05, 0.1) is 11.0 Å². The molecule has 4 aliphatic rings. The fourth-order valence-corrected chi connectivity index (χ4v) is 7.54. The minimum absolute atomic E-state index is 0.0123. The summed E-state index contributed by atoms with van der Waals surface area (Å²) in [4.78, 5) is 56.9. The first-order chi connectivity index (χ1) is 22.2. The fourth-order valence-electron chi connectivity index (χ4n) is 7.54. The number of fused-ring (bicyclic) bond motifs is 4. The molecule has 10 heteroatoms. The lowest BCUT2D eigenvalue weighted by Gasteiger charge is -2.43. The van der Waals surface area contributed by atoms with Crippen molar-refractivity contribution >= 4 is 29.6 Å². The summed E-state index contributed by atoms with van der Waals surface area (Å²) in [5.41, 5.74) is 4.24. The van der Waals surface area contributed by atoms with Gasteiger partial charge in [-0.25, -0.2) is 4.98 Å². The average Bonchev–Trinajstić information content (AvgIpc) is 3.57. The average molecular weight is 620 g/mol. The van der Waals surface area contributed by atoms with Gasteiger partial charge >= 0.3 is 0 Å². The summed E-state index contributed by atoms with van der Waals surface area (Å²) in [5, 5.41) is 6.06. The SMILES string of the molecule is CC1C(c2ccccc2)CC2NC(=O)c3cnc4c(c3)C[C@@]3(C4)C(=O)Nc4ncc(cc43)/C=C\CN(C)CCN(C)CCN1C2=O. The van der Waals surface area contributed by atoms with Gasteiger partial charge < -0.3 is 25.3 Å². The molecule has 1 aromatic carbocycles. The van der Waals surface area contributed by atoms with Crippen molar-refractivity contribution < 1.29 is 14.4 Å². The third-order valence-corrected chi connectivity index (χ3v) is 10.4. The van der Waals surface area contributed by atoms with Crippen molar-refractivity contribution in [1.29, 1.82) is 0 Å². The number of carbonyl (C=O) groups excluding carboxylic acids is 3. The molecule has 3 unspecified atom stereocenters. The molecule has 5 heterocycles. The molecule has 4 atom stereocenters. The lowest BCUT2D eigenvalue weighted by atomic mass is 9.79. The maximum Gasteiger partial charge on any atom is 0.253 e. The highest BCUT2D eigenvalue weighted by Gasteiger charge is 2.52. The van der Waals surface area contributed by atoms with E-state index in [2.05, 4.69) is 81.8 Å². The number of nitrogens with zero attached hydrogens (tertiary/aromatic N) is 5. The van der Waals surface area contributed by atoms with Crippen molar-refractivity contribution in [3.63, 3.8) is 0 Å². The quantitative estimate of drug-likeness (QED) is 0.431. The number of likely N-dealkylation sites (N-methyl/N-ethyl adjacent to an activating group) is 2. The summed E-state index contributed by atoms with van der Waals surface area (Å²) < 4.78 is 0. The van der Waals surface area contributed by atoms with Gasteiger partial charge in [0, 0.05) is 74.8 Å². The number of hydrogen-bond donors (Lipinski definition) is 2. The molecule has 1 spiro atoms. The van der Waals surface area contributed by atoms with Crippen LogP contribution in [0, 0.1) is 0 Å². The van der Waals surface area contributed by atoms with Crippen LogP contribution in [0.25, 0.3) is 6.08 Å². The normalized spacial score (nSPS) is 27.9. The van der Waals surface area contributed by atoms with Crippen LogP contribution in [0.4, 0.5) is 5.82 Å². The monoisotopic (exact) mass is 619 g/mol. The van der Waals surface area contributed by atoms with E-state index in [4.69, 9.17) is 0 Å². The molecule has 3 aliphatic heterocycles. The predicted molar refractivity (Wildman–Crippen MR) is 176 cm³/mol. The molecule has 3 aromatic rings. The molecule has 0 saturated carbocycles. The van der Waals surface area contributed by atoms with Gasteiger partial charge in [-0.05, 0) is 62.7 Å². The molecule has 0 radical (unpaired) electrons. The van der Waals surface area contributed by atoms with E-state index in [9.17, 15) is 14.4 Å². The highest BCUT2D eigenvalue weighted by atomic mass is 16.2. The number of benzene rings is 1. The molecule has 7 bridgehead atoms. The van der Waals surface area contributed by atoms with Crippen LogP contribution in [0.3, 0.4) is 0 Å². The van der Waals surface area contributed by atoms with Gasteiger partial charge in [-0.15, -0.1) is 0 Å². The third-order valence-electron chi connectivity index (χ3n) is 10.4. The third kappa shape index (κ3) is 5.49. The Labute approximate surface area is 269 Å². The van der Waals surface area contributed by atoms with E-state index in [0.29, 0.717) is 37.2 Å². The zero-order chi connectivity index (χ0) is 32.0. The van der Waals surface area contributed by atoms with Crippen LogP contribution in [-0.4, -0.2) is 101 Å². The van der Waals surface area contributed by atoms with Crippen LogP contribution in [0.2, 0.25) is 0 Å². The highest BCUT2D eigenvalue weighted by molar-refractivity contribution is 6.06. The number of pyridine rings is 2. The van der Waals surface area contributed by atoms with E-state index >= 15 is 0 Å². The van der Waals surface area contributed by atoms with E-state index in [1.807, 2.05) is 29.2 Å². The van der Waals surface area contributed by atoms with Crippen molar-refractivity contribution in [3.8, 4) is 0 Å². The second-order valence-corrected chi connectivity index (χ2v) is 13.4. The summed E-state index contributed by atoms with van der Waals surface area (Å²) in [5.74, 6) is 0.193. The van der Waals surface area contributed by atoms with Crippen LogP contribution < -0.4 is 10.6 Å². The molecule has 10 nitrogen and oxygen atoms in total. The molecule has 3 amide bonds. The van der Waals surface area contributed by atoms with Gasteiger partial charge in [-0.2, -0.15) is 0 Å². The van der Waals surface area contributed by atoms with Gasteiger partial charge in [0.25, 0.3) is 5.91 Å². The Bertz CT molecular complexity index is 1710. The zero-order valence-electron chi connectivity index (χ0n) is 26.7. The van der Waals surface area contributed by atoms with Crippen LogP contribution in [0.15, 0.2) is 60.9 Å². The van der Waals surface area contributed by atoms with Gasteiger partial charge in [0.15, 0.2) is 0 Å². The maximum absolute atomic E-state index is 14.0. The minimum atomic E-state index is -0.812. The topological polar surface area (TPSA) is 111 Å². The first-order valence-corrected chi connectivity index (χ1v) is 16.2. The number of amides is 3. The van der Waals surface area contributed by atoms with Gasteiger partial charge in [0.2, 0.25) is 11.8 Å². The van der Waals surface area contributed by atoms with Gasteiger partial charge in [-0.3, -0.25) is 19.4 Å². The molecule has 2 N–H and O–H groups in total. The Morgan fingerprint density at radius 1 is 0.913 bits per heavy atom. The fraction of sp³-hybridized carbons (Fsp3) is 0.417. The van der Waals surface area contributed by atoms with E-state index < -0.39 is 11.5 Å². The first kappa shape index (κ1) is 30.3. The van der Waals surface area contributed by atoms with E-state index in [-0.39, 0.29) is 29.7 Å². The summed E-state index contributed by atoms with van der Waals surface area (Å²) in [7, 11) is 4.18. The zero-order valence-corrected chi connectivity index (χ0v) is 26.7. The smallest absolute Gasteiger partial charge is 0.253 e. The van der Waals surface area contributed by atoms with Crippen molar-refractivity contribution in [2.75, 3.05) is 52.1 Å². The Balaban J connectivity index is 1.23. The second kappa shape index (κ2) is 12.1. The molecule has 1 aliphatic carbocycles. The van der Waals surface area contributed by atoms with Crippen molar-refractivity contribution in [3.05, 3.63) is 94.4 Å². The number of hydrogen-bond acceptors (Lipinski definition) is 7. The Morgan fingerprint density at radius 2 is 1.70 bits per heavy atom. The van der Waals surface area contributed by atoms with E-state index in [1.165, 1.54) is 0 Å². The van der Waals surface area contributed by atoms with Crippen LogP contribution in [-0.2, 0) is 27.8 Å². The number of anilines is 1. The van der Waals surface area contributed by atoms with Crippen molar-refractivity contribution in [1.82, 2.24) is 30.0 Å². The largest absolute Gasteiger partial charge is 0.340 e. The molecule has 2 aromatic heterocycles. The molecular weight excluding hydrogens is 578 g/mol. The van der Waals surface area contributed by atoms with Crippen LogP contribution >= 0.6 is 0 Å². The summed E-state index contributed by atoms with van der Waals surface area (Å²) >= 11 is 0. The van der Waals surface area contributed by atoms with Gasteiger partial charge in [-0.1, -0.05) is 42.5 Å². The highest BCUT2D eigenvalue weighted by Crippen LogP contribution is 2.46. The van der Waals surface area contributed by atoms with Crippen molar-refractivity contribution in [2.45, 2.75) is 49.6 Å². The number of nitrogens with one attached hydrogen (secondary N) is 2. The first-order valence-electron chi connectivity index (χ1n) is 16.2. The second-order valence-electron chi connectivity index (χ2n) is 13.4. The number of carbonyl (C=O) groups is 3. The number of rotatable bonds is 1.